The zero-order valence-corrected chi connectivity index (χ0v) is 12.8. The van der Waals surface area contributed by atoms with Gasteiger partial charge in [0.1, 0.15) is 18.2 Å². The first-order valence-corrected chi connectivity index (χ1v) is 7.41. The highest BCUT2D eigenvalue weighted by molar-refractivity contribution is 5.95. The van der Waals surface area contributed by atoms with Gasteiger partial charge in [-0.3, -0.25) is 0 Å². The van der Waals surface area contributed by atoms with Crippen molar-refractivity contribution in [3.05, 3.63) is 78.0 Å². The Morgan fingerprint density at radius 2 is 1.67 bits per heavy atom. The van der Waals surface area contributed by atoms with E-state index in [0.717, 1.165) is 5.56 Å². The van der Waals surface area contributed by atoms with Gasteiger partial charge in [0, 0.05) is 11.1 Å². The Kier molecular flexibility index (Phi) is 4.43. The molecule has 0 saturated heterocycles. The van der Waals surface area contributed by atoms with Crippen LogP contribution in [0.15, 0.2) is 66.7 Å². The molecule has 3 N–H and O–H groups in total. The van der Waals surface area contributed by atoms with E-state index in [0.29, 0.717) is 23.5 Å². The molecule has 3 rings (SSSR count). The molecule has 0 atom stereocenters. The summed E-state index contributed by atoms with van der Waals surface area (Å²) in [5, 5.41) is 9.39. The molecule has 0 spiro atoms. The Bertz CT molecular complexity index is 863. The molecule has 1 heterocycles. The lowest BCUT2D eigenvalue weighted by molar-refractivity contribution is 0.0691. The molecule has 0 amide bonds. The summed E-state index contributed by atoms with van der Waals surface area (Å²) in [7, 11) is 0. The number of aromatic nitrogens is 1. The molecule has 0 bridgehead atoms. The van der Waals surface area contributed by atoms with Gasteiger partial charge in [-0.15, -0.1) is 0 Å². The lowest BCUT2D eigenvalue weighted by atomic mass is 10.0. The van der Waals surface area contributed by atoms with Gasteiger partial charge in [0.25, 0.3) is 0 Å². The lowest BCUT2D eigenvalue weighted by Gasteiger charge is -2.13. The first-order chi connectivity index (χ1) is 11.6. The van der Waals surface area contributed by atoms with E-state index in [9.17, 15) is 9.90 Å². The van der Waals surface area contributed by atoms with Crippen LogP contribution in [-0.4, -0.2) is 16.1 Å². The van der Waals surface area contributed by atoms with Crippen LogP contribution in [0.4, 0.5) is 5.82 Å². The van der Waals surface area contributed by atoms with Crippen molar-refractivity contribution in [3.8, 4) is 16.9 Å². The smallest absolute Gasteiger partial charge is 0.355 e. The second-order valence-electron chi connectivity index (χ2n) is 5.21. The number of hydrogen-bond donors (Lipinski definition) is 2. The molecule has 0 aliphatic carbocycles. The van der Waals surface area contributed by atoms with Gasteiger partial charge in [0.15, 0.2) is 5.69 Å². The quantitative estimate of drug-likeness (QED) is 0.750. The van der Waals surface area contributed by atoms with E-state index < -0.39 is 5.97 Å². The summed E-state index contributed by atoms with van der Waals surface area (Å²) in [6.07, 6.45) is 0. The number of carboxylic acids is 1. The Labute approximate surface area is 139 Å². The Balaban J connectivity index is 1.97. The van der Waals surface area contributed by atoms with E-state index in [2.05, 4.69) is 4.98 Å². The average molecular weight is 320 g/mol. The van der Waals surface area contributed by atoms with E-state index in [1.807, 2.05) is 42.5 Å². The molecule has 2 aromatic carbocycles. The molecule has 0 aliphatic heterocycles. The fourth-order valence-corrected chi connectivity index (χ4v) is 2.40. The van der Waals surface area contributed by atoms with Gasteiger partial charge >= 0.3 is 5.97 Å². The summed E-state index contributed by atoms with van der Waals surface area (Å²) in [5.41, 5.74) is 7.69. The number of carbonyl (C=O) groups is 1. The Morgan fingerprint density at radius 1 is 0.958 bits per heavy atom. The number of aromatic carboxylic acids is 1. The van der Waals surface area contributed by atoms with E-state index >= 15 is 0 Å². The second-order valence-corrected chi connectivity index (χ2v) is 5.21. The van der Waals surface area contributed by atoms with Gasteiger partial charge in [0.2, 0.25) is 0 Å². The topological polar surface area (TPSA) is 85.4 Å². The largest absolute Gasteiger partial charge is 0.488 e. The monoisotopic (exact) mass is 320 g/mol. The van der Waals surface area contributed by atoms with E-state index in [1.165, 1.54) is 0 Å². The third kappa shape index (κ3) is 3.35. The maximum Gasteiger partial charge on any atom is 0.355 e. The zero-order valence-electron chi connectivity index (χ0n) is 12.8. The number of nitrogens with two attached hydrogens (primary N) is 1. The number of rotatable bonds is 5. The number of nitrogen functional groups attached to an aromatic ring is 1. The third-order valence-corrected chi connectivity index (χ3v) is 3.53. The molecule has 1 aromatic heterocycles. The van der Waals surface area contributed by atoms with Crippen LogP contribution in [-0.2, 0) is 6.61 Å². The van der Waals surface area contributed by atoms with Crippen molar-refractivity contribution in [2.24, 2.45) is 0 Å². The average Bonchev–Trinajstić information content (AvgIpc) is 2.61. The fraction of sp³-hybridized carbons (Fsp3) is 0.0526. The van der Waals surface area contributed by atoms with Crippen LogP contribution in [0.1, 0.15) is 16.1 Å². The predicted octanol–water partition coefficient (Wildman–Crippen LogP) is 3.61. The van der Waals surface area contributed by atoms with Gasteiger partial charge in [-0.25, -0.2) is 9.78 Å². The molecular weight excluding hydrogens is 304 g/mol. The van der Waals surface area contributed by atoms with Crippen LogP contribution in [0.2, 0.25) is 0 Å². The maximum atomic E-state index is 11.5. The molecule has 0 fully saturated rings. The van der Waals surface area contributed by atoms with Crippen molar-refractivity contribution in [2.75, 3.05) is 5.73 Å². The first kappa shape index (κ1) is 15.6. The summed E-state index contributed by atoms with van der Waals surface area (Å²) in [6, 6.07) is 20.3. The summed E-state index contributed by atoms with van der Waals surface area (Å²) in [4.78, 5) is 15.4. The van der Waals surface area contributed by atoms with Gasteiger partial charge in [-0.05, 0) is 23.8 Å². The van der Waals surface area contributed by atoms with Crippen molar-refractivity contribution in [1.29, 1.82) is 0 Å². The molecule has 3 aromatic rings. The number of ether oxygens (including phenoxy) is 1. The van der Waals surface area contributed by atoms with Gasteiger partial charge in [0.05, 0.1) is 0 Å². The maximum absolute atomic E-state index is 11.5. The van der Waals surface area contributed by atoms with E-state index in [1.54, 1.807) is 24.3 Å². The van der Waals surface area contributed by atoms with Crippen molar-refractivity contribution in [3.63, 3.8) is 0 Å². The highest BCUT2D eigenvalue weighted by atomic mass is 16.5. The second kappa shape index (κ2) is 6.83. The molecule has 120 valence electrons. The Hall–Kier alpha value is -3.34. The number of hydrogen-bond acceptors (Lipinski definition) is 4. The van der Waals surface area contributed by atoms with Crippen LogP contribution < -0.4 is 10.5 Å². The molecule has 0 unspecified atom stereocenters. The van der Waals surface area contributed by atoms with Crippen molar-refractivity contribution >= 4 is 11.8 Å². The number of anilines is 1. The summed E-state index contributed by atoms with van der Waals surface area (Å²) >= 11 is 0. The minimum Gasteiger partial charge on any atom is -0.488 e. The van der Waals surface area contributed by atoms with Crippen LogP contribution in [0, 0.1) is 0 Å². The molecule has 0 saturated carbocycles. The lowest BCUT2D eigenvalue weighted by Crippen LogP contribution is -2.06. The SMILES string of the molecule is Nc1ccc(-c2ccccc2OCc2ccccc2)c(C(=O)O)n1. The van der Waals surface area contributed by atoms with Crippen LogP contribution >= 0.6 is 0 Å². The standard InChI is InChI=1S/C19H16N2O3/c20-17-11-10-15(18(21-17)19(22)23)14-8-4-5-9-16(14)24-12-13-6-2-1-3-7-13/h1-11H,12H2,(H2,20,21)(H,22,23). The third-order valence-electron chi connectivity index (χ3n) is 3.53. The number of benzene rings is 2. The number of pyridine rings is 1. The van der Waals surface area contributed by atoms with Gasteiger partial charge < -0.3 is 15.6 Å². The van der Waals surface area contributed by atoms with Crippen molar-refractivity contribution in [1.82, 2.24) is 4.98 Å². The fourth-order valence-electron chi connectivity index (χ4n) is 2.40. The highest BCUT2D eigenvalue weighted by Gasteiger charge is 2.17. The van der Waals surface area contributed by atoms with Crippen LogP contribution in [0.3, 0.4) is 0 Å². The van der Waals surface area contributed by atoms with Gasteiger partial charge in [-0.1, -0.05) is 48.5 Å². The van der Waals surface area contributed by atoms with Crippen molar-refractivity contribution in [2.45, 2.75) is 6.61 Å². The van der Waals surface area contributed by atoms with E-state index in [4.69, 9.17) is 10.5 Å². The minimum absolute atomic E-state index is 0.0919. The molecule has 5 nitrogen and oxygen atoms in total. The predicted molar refractivity (Wildman–Crippen MR) is 91.8 cm³/mol. The number of para-hydroxylation sites is 1. The van der Waals surface area contributed by atoms with Gasteiger partial charge in [-0.2, -0.15) is 0 Å². The molecule has 24 heavy (non-hydrogen) atoms. The highest BCUT2D eigenvalue weighted by Crippen LogP contribution is 2.32. The molecule has 5 heteroatoms. The van der Waals surface area contributed by atoms with E-state index in [-0.39, 0.29) is 11.5 Å². The van der Waals surface area contributed by atoms with Crippen LogP contribution in [0.5, 0.6) is 5.75 Å². The normalized spacial score (nSPS) is 10.3. The van der Waals surface area contributed by atoms with Crippen molar-refractivity contribution < 1.29 is 14.6 Å². The number of nitrogens with zero attached hydrogens (tertiary/aromatic N) is 1. The molecular formula is C19H16N2O3. The summed E-state index contributed by atoms with van der Waals surface area (Å²) in [6.45, 7) is 0.392. The molecule has 0 radical (unpaired) electrons. The first-order valence-electron chi connectivity index (χ1n) is 7.41. The van der Waals surface area contributed by atoms with Crippen LogP contribution in [0.25, 0.3) is 11.1 Å². The summed E-state index contributed by atoms with van der Waals surface area (Å²) < 4.78 is 5.89. The minimum atomic E-state index is -1.13. The molecule has 0 aliphatic rings. The Morgan fingerprint density at radius 3 is 2.42 bits per heavy atom. The summed E-state index contributed by atoms with van der Waals surface area (Å²) in [5.74, 6) is -0.371. The zero-order chi connectivity index (χ0) is 16.9. The number of carboxylic acid groups (broad SMARTS) is 1.